The van der Waals surface area contributed by atoms with Crippen LogP contribution in [0.1, 0.15) is 4.88 Å². The zero-order valence-electron chi connectivity index (χ0n) is 9.65. The van der Waals surface area contributed by atoms with Gasteiger partial charge >= 0.3 is 5.56 Å². The van der Waals surface area contributed by atoms with Crippen LogP contribution in [0.2, 0.25) is 4.47 Å². The molecule has 7 heteroatoms. The number of thiazole rings is 1. The molecule has 1 N–H and O–H groups in total. The van der Waals surface area contributed by atoms with Gasteiger partial charge in [0.1, 0.15) is 12.6 Å². The van der Waals surface area contributed by atoms with Crippen molar-refractivity contribution in [1.29, 1.82) is 0 Å². The molecule has 0 radical (unpaired) electrons. The first-order valence-electron chi connectivity index (χ1n) is 5.48. The van der Waals surface area contributed by atoms with E-state index in [0.29, 0.717) is 16.7 Å². The lowest BCUT2D eigenvalue weighted by Crippen LogP contribution is -2.39. The van der Waals surface area contributed by atoms with Crippen LogP contribution in [0, 0.1) is 0 Å². The standard InChI is InChI=1S/C12H8ClN3O2S/c13-12-14-6-8(19-12)7-16-9-3-1-2-4-15(9)10(17)5-11(16)18/h1-6H,7H2/p+1. The molecule has 5 nitrogen and oxygen atoms in total. The van der Waals surface area contributed by atoms with Gasteiger partial charge in [-0.1, -0.05) is 17.7 Å². The summed E-state index contributed by atoms with van der Waals surface area (Å²) in [5.41, 5.74) is 0.337. The molecular formula is C12H9ClN3O2S+. The van der Waals surface area contributed by atoms with Crippen molar-refractivity contribution in [3.8, 4) is 5.88 Å². The minimum absolute atomic E-state index is 0.0827. The van der Waals surface area contributed by atoms with Crippen LogP contribution in [0.3, 0.4) is 0 Å². The molecule has 3 rings (SSSR count). The van der Waals surface area contributed by atoms with Gasteiger partial charge in [0, 0.05) is 12.3 Å². The molecule has 0 saturated heterocycles. The molecule has 0 aromatic carbocycles. The van der Waals surface area contributed by atoms with Gasteiger partial charge in [0.2, 0.25) is 0 Å². The van der Waals surface area contributed by atoms with Crippen LogP contribution in [-0.4, -0.2) is 14.5 Å². The number of halogens is 1. The number of hydrogen-bond acceptors (Lipinski definition) is 4. The van der Waals surface area contributed by atoms with Gasteiger partial charge in [-0.05, 0) is 6.07 Å². The zero-order valence-corrected chi connectivity index (χ0v) is 11.2. The predicted molar refractivity (Wildman–Crippen MR) is 71.8 cm³/mol. The summed E-state index contributed by atoms with van der Waals surface area (Å²) < 4.78 is 3.56. The van der Waals surface area contributed by atoms with E-state index in [1.54, 1.807) is 29.1 Å². The smallest absolute Gasteiger partial charge is 0.346 e. The second-order valence-corrected chi connectivity index (χ2v) is 5.63. The molecule has 0 amide bonds. The monoisotopic (exact) mass is 294 g/mol. The van der Waals surface area contributed by atoms with Crippen LogP contribution in [-0.2, 0) is 6.54 Å². The third kappa shape index (κ3) is 2.20. The van der Waals surface area contributed by atoms with E-state index < -0.39 is 0 Å². The highest BCUT2D eigenvalue weighted by Gasteiger charge is 2.16. The van der Waals surface area contributed by atoms with Crippen LogP contribution in [0.25, 0.3) is 5.65 Å². The van der Waals surface area contributed by atoms with Gasteiger partial charge in [0.25, 0.3) is 11.5 Å². The lowest BCUT2D eigenvalue weighted by Gasteiger charge is -2.03. The number of aromatic nitrogens is 3. The van der Waals surface area contributed by atoms with Crippen LogP contribution >= 0.6 is 22.9 Å². The van der Waals surface area contributed by atoms with Crippen LogP contribution in [0.4, 0.5) is 0 Å². The Morgan fingerprint density at radius 3 is 3.05 bits per heavy atom. The molecular weight excluding hydrogens is 286 g/mol. The van der Waals surface area contributed by atoms with Gasteiger partial charge in [-0.3, -0.25) is 0 Å². The Bertz CT molecular complexity index is 812. The number of nitrogens with zero attached hydrogens (tertiary/aromatic N) is 3. The van der Waals surface area contributed by atoms with Gasteiger partial charge < -0.3 is 5.11 Å². The zero-order chi connectivity index (χ0) is 13.4. The van der Waals surface area contributed by atoms with Crippen molar-refractivity contribution in [3.63, 3.8) is 0 Å². The molecule has 96 valence electrons. The summed E-state index contributed by atoms with van der Waals surface area (Å²) in [5.74, 6) is -0.0827. The Morgan fingerprint density at radius 2 is 2.32 bits per heavy atom. The molecule has 3 aromatic rings. The van der Waals surface area contributed by atoms with Crippen LogP contribution in [0.15, 0.2) is 41.5 Å². The molecule has 3 heterocycles. The largest absolute Gasteiger partial charge is 0.478 e. The average Bonchev–Trinajstić information content (AvgIpc) is 2.80. The van der Waals surface area contributed by atoms with Gasteiger partial charge in [-0.25, -0.2) is 9.78 Å². The van der Waals surface area contributed by atoms with E-state index in [0.717, 1.165) is 4.88 Å². The lowest BCUT2D eigenvalue weighted by molar-refractivity contribution is -0.671. The summed E-state index contributed by atoms with van der Waals surface area (Å²) in [5, 5.41) is 9.96. The fraction of sp³-hybridized carbons (Fsp3) is 0.0833. The Balaban J connectivity index is 2.20. The molecule has 0 fully saturated rings. The van der Waals surface area contributed by atoms with Gasteiger partial charge in [-0.2, -0.15) is 8.97 Å². The van der Waals surface area contributed by atoms with Crippen LogP contribution < -0.4 is 10.1 Å². The van der Waals surface area contributed by atoms with E-state index in [1.807, 2.05) is 6.07 Å². The third-order valence-electron chi connectivity index (χ3n) is 2.72. The van der Waals surface area contributed by atoms with Gasteiger partial charge in [0.15, 0.2) is 4.47 Å². The lowest BCUT2D eigenvalue weighted by atomic mass is 10.4. The maximum atomic E-state index is 11.8. The highest BCUT2D eigenvalue weighted by molar-refractivity contribution is 7.15. The van der Waals surface area contributed by atoms with Crippen molar-refractivity contribution >= 4 is 28.6 Å². The first-order valence-corrected chi connectivity index (χ1v) is 6.68. The molecule has 3 aromatic heterocycles. The van der Waals surface area contributed by atoms with Crippen molar-refractivity contribution in [2.45, 2.75) is 6.54 Å². The minimum Gasteiger partial charge on any atom is -0.478 e. The number of aromatic hydroxyl groups is 1. The predicted octanol–water partition coefficient (Wildman–Crippen LogP) is 1.45. The number of hydrogen-bond donors (Lipinski definition) is 1. The van der Waals surface area contributed by atoms with E-state index in [-0.39, 0.29) is 11.4 Å². The fourth-order valence-electron chi connectivity index (χ4n) is 1.89. The average molecular weight is 295 g/mol. The highest BCUT2D eigenvalue weighted by Crippen LogP contribution is 2.18. The van der Waals surface area contributed by atoms with E-state index >= 15 is 0 Å². The number of pyridine rings is 1. The maximum Gasteiger partial charge on any atom is 0.346 e. The van der Waals surface area contributed by atoms with Crippen molar-refractivity contribution < 1.29 is 9.67 Å². The van der Waals surface area contributed by atoms with Crippen LogP contribution in [0.5, 0.6) is 5.88 Å². The topological polar surface area (TPSA) is 58.5 Å². The molecule has 0 bridgehead atoms. The molecule has 0 unspecified atom stereocenters. The van der Waals surface area contributed by atoms with Crippen molar-refractivity contribution in [1.82, 2.24) is 9.38 Å². The first kappa shape index (κ1) is 12.1. The molecule has 0 saturated carbocycles. The second-order valence-electron chi connectivity index (χ2n) is 3.94. The Labute approximate surface area is 117 Å². The highest BCUT2D eigenvalue weighted by atomic mass is 35.5. The molecule has 19 heavy (non-hydrogen) atoms. The molecule has 0 atom stereocenters. The summed E-state index contributed by atoms with van der Waals surface area (Å²) in [6.45, 7) is 0.407. The summed E-state index contributed by atoms with van der Waals surface area (Å²) in [6.07, 6.45) is 3.32. The Morgan fingerprint density at radius 1 is 1.47 bits per heavy atom. The molecule has 0 spiro atoms. The van der Waals surface area contributed by atoms with Gasteiger partial charge in [0.05, 0.1) is 11.1 Å². The summed E-state index contributed by atoms with van der Waals surface area (Å²) in [4.78, 5) is 16.6. The van der Waals surface area contributed by atoms with Gasteiger partial charge in [-0.15, -0.1) is 11.3 Å². The molecule has 0 aliphatic heterocycles. The number of fused-ring (bicyclic) bond motifs is 1. The minimum atomic E-state index is -0.272. The second kappa shape index (κ2) is 4.64. The normalized spacial score (nSPS) is 11.0. The number of rotatable bonds is 2. The van der Waals surface area contributed by atoms with E-state index in [4.69, 9.17) is 11.6 Å². The molecule has 0 aliphatic carbocycles. The summed E-state index contributed by atoms with van der Waals surface area (Å²) >= 11 is 7.13. The Hall–Kier alpha value is -1.92. The maximum absolute atomic E-state index is 11.8. The summed E-state index contributed by atoms with van der Waals surface area (Å²) in [7, 11) is 0. The van der Waals surface area contributed by atoms with E-state index in [1.165, 1.54) is 21.8 Å². The van der Waals surface area contributed by atoms with Crippen molar-refractivity contribution in [2.75, 3.05) is 0 Å². The van der Waals surface area contributed by atoms with Crippen molar-refractivity contribution in [2.24, 2.45) is 0 Å². The third-order valence-corrected chi connectivity index (χ3v) is 3.82. The quantitative estimate of drug-likeness (QED) is 0.728. The first-order chi connectivity index (χ1) is 9.15. The fourth-order valence-corrected chi connectivity index (χ4v) is 2.86. The van der Waals surface area contributed by atoms with E-state index in [9.17, 15) is 9.90 Å². The van der Waals surface area contributed by atoms with E-state index in [2.05, 4.69) is 4.98 Å². The molecule has 0 aliphatic rings. The Kier molecular flexibility index (Phi) is 2.96. The SMILES string of the molecule is O=c1cc(O)[n+](Cc2cnc(Cl)s2)c2ccccn12. The summed E-state index contributed by atoms with van der Waals surface area (Å²) in [6, 6.07) is 6.53. The van der Waals surface area contributed by atoms with Crippen molar-refractivity contribution in [3.05, 3.63) is 56.4 Å².